The van der Waals surface area contributed by atoms with Gasteiger partial charge in [-0.3, -0.25) is 14.5 Å². The molecule has 7 rings (SSSR count). The Bertz CT molecular complexity index is 2580. The minimum absolute atomic E-state index is 0. The number of hydrogen-bond acceptors (Lipinski definition) is 8. The van der Waals surface area contributed by atoms with Crippen LogP contribution in [0.5, 0.6) is 0 Å². The Morgan fingerprint density at radius 3 is 1.58 bits per heavy atom. The van der Waals surface area contributed by atoms with E-state index in [-0.39, 0.29) is 70.6 Å². The summed E-state index contributed by atoms with van der Waals surface area (Å²) in [6.07, 6.45) is 0. The smallest absolute Gasteiger partial charge is 0.373 e. The van der Waals surface area contributed by atoms with Gasteiger partial charge in [0.2, 0.25) is 5.82 Å². The van der Waals surface area contributed by atoms with Crippen LogP contribution in [0.15, 0.2) is 119 Å². The fourth-order valence-corrected chi connectivity index (χ4v) is 5.01. The summed E-state index contributed by atoms with van der Waals surface area (Å²) in [4.78, 5) is 25.6. The Kier molecular flexibility index (Phi) is 14.4. The summed E-state index contributed by atoms with van der Waals surface area (Å²) in [5.41, 5.74) is 16.6. The van der Waals surface area contributed by atoms with Crippen LogP contribution in [0.3, 0.4) is 0 Å². The second-order valence-electron chi connectivity index (χ2n) is 11.1. The normalized spacial score (nSPS) is 10.0. The molecule has 0 spiro atoms. The number of nitrogens with zero attached hydrogens (tertiary/aromatic N) is 11. The van der Waals surface area contributed by atoms with Crippen molar-refractivity contribution >= 4 is 0 Å². The van der Waals surface area contributed by atoms with Crippen LogP contribution in [0, 0.1) is 34.6 Å². The van der Waals surface area contributed by atoms with Crippen LogP contribution >= 0.6 is 0 Å². The molecule has 3 aromatic heterocycles. The zero-order valence-electron chi connectivity index (χ0n) is 28.6. The first-order chi connectivity index (χ1) is 26.0. The van der Waals surface area contributed by atoms with Crippen molar-refractivity contribution in [2.45, 2.75) is 13.1 Å². The molecule has 0 saturated carbocycles. The third-order valence-corrected chi connectivity index (χ3v) is 7.30. The van der Waals surface area contributed by atoms with E-state index in [4.69, 9.17) is 16.3 Å². The van der Waals surface area contributed by atoms with E-state index in [1.54, 1.807) is 30.3 Å². The Labute approximate surface area is 330 Å². The van der Waals surface area contributed by atoms with Gasteiger partial charge >= 0.3 is 29.6 Å². The predicted molar refractivity (Wildman–Crippen MR) is 187 cm³/mol. The zero-order chi connectivity index (χ0) is 38.6. The molecule has 55 heavy (non-hydrogen) atoms. The largest absolute Gasteiger partial charge is 1.00 e. The number of rotatable bonds is 7. The first-order valence-electron chi connectivity index (χ1n) is 15.4. The average Bonchev–Trinajstić information content (AvgIpc) is 3.69. The van der Waals surface area contributed by atoms with Gasteiger partial charge in [0, 0.05) is 41.0 Å². The number of nitrogens with one attached hydrogen (secondary N) is 1. The minimum Gasteiger partial charge on any atom is -0.373 e. The molecule has 0 atom stereocenters. The van der Waals surface area contributed by atoms with E-state index < -0.39 is 23.3 Å². The Balaban J connectivity index is 0.000000226. The van der Waals surface area contributed by atoms with Gasteiger partial charge in [-0.25, -0.2) is 26.9 Å². The summed E-state index contributed by atoms with van der Waals surface area (Å²) in [5.74, 6) is -2.42. The van der Waals surface area contributed by atoms with Crippen LogP contribution in [-0.2, 0) is 13.1 Å². The van der Waals surface area contributed by atoms with Crippen molar-refractivity contribution in [3.05, 3.63) is 186 Å². The summed E-state index contributed by atoms with van der Waals surface area (Å²) in [6, 6.07) is 27.7. The number of benzene rings is 4. The Morgan fingerprint density at radius 1 is 0.655 bits per heavy atom. The van der Waals surface area contributed by atoms with Crippen LogP contribution in [0.1, 0.15) is 16.7 Å². The maximum Gasteiger partial charge on any atom is 1.00 e. The van der Waals surface area contributed by atoms with E-state index in [0.29, 0.717) is 17.1 Å². The monoisotopic (exact) mass is 754 g/mol. The number of H-pyrrole nitrogens is 1. The topological polar surface area (TPSA) is 207 Å². The molecule has 14 nitrogen and oxygen atoms in total. The first kappa shape index (κ1) is 41.0. The van der Waals surface area contributed by atoms with Crippen molar-refractivity contribution in [3.8, 4) is 40.0 Å². The van der Waals surface area contributed by atoms with Gasteiger partial charge in [-0.05, 0) is 70.9 Å². The number of hydrogen-bond donors (Lipinski definition) is 1. The maximum absolute atomic E-state index is 13.5. The summed E-state index contributed by atoms with van der Waals surface area (Å²) in [5, 5.41) is 31.1. The van der Waals surface area contributed by atoms with Gasteiger partial charge in [-0.15, -0.1) is 10.2 Å². The molecule has 0 bridgehead atoms. The van der Waals surface area contributed by atoms with Gasteiger partial charge < -0.3 is 11.1 Å². The fraction of sp³-hybridized carbons (Fsp3) is 0.0556. The number of nitriles is 1. The van der Waals surface area contributed by atoms with E-state index >= 15 is 0 Å². The second-order valence-corrected chi connectivity index (χ2v) is 11.1. The van der Waals surface area contributed by atoms with Gasteiger partial charge in [-0.1, -0.05) is 30.3 Å². The van der Waals surface area contributed by atoms with Crippen molar-refractivity contribution in [1.29, 1.82) is 5.26 Å². The molecule has 7 aromatic rings. The number of aromatic amines is 1. The maximum atomic E-state index is 13.5. The predicted octanol–water partition coefficient (Wildman–Crippen LogP) is 3.40. The molecular formula is C36H23F4N12NaO2. The Morgan fingerprint density at radius 2 is 1.13 bits per heavy atom. The second kappa shape index (κ2) is 19.3. The van der Waals surface area contributed by atoms with Gasteiger partial charge in [0.05, 0.1) is 36.1 Å². The van der Waals surface area contributed by atoms with Gasteiger partial charge in [0.25, 0.3) is 11.1 Å². The molecule has 4 aromatic carbocycles. The van der Waals surface area contributed by atoms with E-state index in [9.17, 15) is 27.2 Å². The van der Waals surface area contributed by atoms with Crippen LogP contribution in [-0.4, -0.2) is 40.2 Å². The van der Waals surface area contributed by atoms with E-state index in [1.165, 1.54) is 38.5 Å². The number of aromatic nitrogens is 8. The first-order valence-corrected chi connectivity index (χ1v) is 15.4. The van der Waals surface area contributed by atoms with Gasteiger partial charge in [-0.2, -0.15) is 20.7 Å². The minimum atomic E-state index is -0.716. The van der Waals surface area contributed by atoms with E-state index in [2.05, 4.69) is 30.8 Å². The molecule has 3 heterocycles. The van der Waals surface area contributed by atoms with Crippen LogP contribution < -0.4 is 40.7 Å². The Hall–Kier alpha value is -6.77. The molecule has 0 amide bonds. The fourth-order valence-electron chi connectivity index (χ4n) is 5.01. The number of halogens is 4. The van der Waals surface area contributed by atoms with Crippen LogP contribution in [0.25, 0.3) is 49.9 Å². The van der Waals surface area contributed by atoms with Crippen LogP contribution in [0.4, 0.5) is 17.6 Å². The molecule has 0 fully saturated rings. The SMILES string of the molecule is N#Cc1cccc(Cn2nc(-c3cc(F)cc(F)c3)ccc2=O)c1.O=c1ccc(-c2cc(F)cc(F)c2)nn1Cc1cccc(-c2nn[nH]n2)c1.[N-]=[N+]=[N-].[Na+]. The van der Waals surface area contributed by atoms with Crippen LogP contribution in [0.2, 0.25) is 0 Å². The quantitative estimate of drug-likeness (QED) is 0.0837. The third kappa shape index (κ3) is 11.4. The summed E-state index contributed by atoms with van der Waals surface area (Å²) in [7, 11) is 0. The van der Waals surface area contributed by atoms with Gasteiger partial charge in [0.1, 0.15) is 23.3 Å². The van der Waals surface area contributed by atoms with Crippen molar-refractivity contribution < 1.29 is 47.1 Å². The van der Waals surface area contributed by atoms with E-state index in [0.717, 1.165) is 53.1 Å². The summed E-state index contributed by atoms with van der Waals surface area (Å²) >= 11 is 0. The molecule has 268 valence electrons. The molecule has 1 N–H and O–H groups in total. The number of tetrazole rings is 1. The zero-order valence-corrected chi connectivity index (χ0v) is 30.6. The standard InChI is InChI=1S/C18H12F2N6O.C18H11F2N3O.N3.Na/c19-14-7-13(8-15(20)9-14)16-4-5-17(27)26(23-16)10-11-2-1-3-12(6-11)18-21-24-25-22-18;19-15-7-14(8-16(20)9-15)17-4-5-18(24)23(22-17)11-13-3-1-2-12(6-13)10-21;1-3-2;/h1-9H,10H2,(H,21,22,24,25);1-9H,11H2;;/q;;-1;+1. The molecule has 0 radical (unpaired) electrons. The molecule has 0 saturated heterocycles. The molecule has 0 aliphatic heterocycles. The molecule has 0 aliphatic carbocycles. The third-order valence-electron chi connectivity index (χ3n) is 7.30. The molecule has 19 heteroatoms. The summed E-state index contributed by atoms with van der Waals surface area (Å²) < 4.78 is 56.1. The van der Waals surface area contributed by atoms with Crippen molar-refractivity contribution in [3.63, 3.8) is 0 Å². The molecular weight excluding hydrogens is 731 g/mol. The summed E-state index contributed by atoms with van der Waals surface area (Å²) in [6.45, 7) is 0.330. The van der Waals surface area contributed by atoms with Crippen molar-refractivity contribution in [1.82, 2.24) is 40.2 Å². The van der Waals surface area contributed by atoms with Crippen molar-refractivity contribution in [2.75, 3.05) is 0 Å². The van der Waals surface area contributed by atoms with E-state index in [1.807, 2.05) is 24.3 Å². The molecule has 0 unspecified atom stereocenters. The molecule has 0 aliphatic rings. The average molecular weight is 755 g/mol. The van der Waals surface area contributed by atoms with Crippen molar-refractivity contribution in [2.24, 2.45) is 0 Å². The van der Waals surface area contributed by atoms with Gasteiger partial charge in [0.15, 0.2) is 0 Å².